The van der Waals surface area contributed by atoms with E-state index in [1.54, 1.807) is 18.2 Å². The van der Waals surface area contributed by atoms with Crippen LogP contribution in [0.2, 0.25) is 5.02 Å². The van der Waals surface area contributed by atoms with Gasteiger partial charge in [-0.05, 0) is 24.1 Å². The number of ether oxygens (including phenoxy) is 1. The minimum atomic E-state index is -0.995. The second-order valence-corrected chi connectivity index (χ2v) is 4.44. The molecule has 102 valence electrons. The number of amides is 1. The highest BCUT2D eigenvalue weighted by atomic mass is 35.5. The largest absolute Gasteiger partial charge is 0.465 e. The average molecular weight is 283 g/mol. The highest BCUT2D eigenvalue weighted by Crippen LogP contribution is 2.24. The zero-order chi connectivity index (χ0) is 14.3. The first kappa shape index (κ1) is 15.3. The molecule has 0 aliphatic heterocycles. The fourth-order valence-corrected chi connectivity index (χ4v) is 1.80. The standard InChI is InChI=1S/C13H15ClN2O3/c1-16(13(17)18)7-5-12(19-8-6-15)10-3-2-4-11(14)9-10/h2-4,9,12H,5,7-8H2,1H3,(H,17,18). The van der Waals surface area contributed by atoms with E-state index >= 15 is 0 Å². The van der Waals surface area contributed by atoms with Crippen LogP contribution >= 0.6 is 11.6 Å². The van der Waals surface area contributed by atoms with Gasteiger partial charge in [0.15, 0.2) is 0 Å². The Morgan fingerprint density at radius 2 is 2.37 bits per heavy atom. The molecule has 0 saturated heterocycles. The van der Waals surface area contributed by atoms with E-state index in [9.17, 15) is 4.79 Å². The zero-order valence-electron chi connectivity index (χ0n) is 10.5. The number of benzene rings is 1. The highest BCUT2D eigenvalue weighted by Gasteiger charge is 2.15. The van der Waals surface area contributed by atoms with E-state index in [-0.39, 0.29) is 12.7 Å². The molecule has 6 heteroatoms. The lowest BCUT2D eigenvalue weighted by atomic mass is 10.1. The van der Waals surface area contributed by atoms with E-state index < -0.39 is 6.09 Å². The Labute approximate surface area is 117 Å². The Balaban J connectivity index is 2.72. The van der Waals surface area contributed by atoms with Gasteiger partial charge in [-0.2, -0.15) is 5.26 Å². The summed E-state index contributed by atoms with van der Waals surface area (Å²) in [5.74, 6) is 0. The molecule has 1 N–H and O–H groups in total. The summed E-state index contributed by atoms with van der Waals surface area (Å²) >= 11 is 5.91. The molecule has 0 saturated carbocycles. The summed E-state index contributed by atoms with van der Waals surface area (Å²) in [6, 6.07) is 9.04. The first-order chi connectivity index (χ1) is 9.04. The van der Waals surface area contributed by atoms with Crippen LogP contribution in [-0.4, -0.2) is 36.3 Å². The smallest absolute Gasteiger partial charge is 0.407 e. The van der Waals surface area contributed by atoms with E-state index in [4.69, 9.17) is 26.7 Å². The van der Waals surface area contributed by atoms with Crippen molar-refractivity contribution in [2.45, 2.75) is 12.5 Å². The van der Waals surface area contributed by atoms with Gasteiger partial charge >= 0.3 is 6.09 Å². The molecule has 5 nitrogen and oxygen atoms in total. The molecule has 1 amide bonds. The molecule has 0 aromatic heterocycles. The quantitative estimate of drug-likeness (QED) is 0.870. The number of hydrogen-bond acceptors (Lipinski definition) is 3. The van der Waals surface area contributed by atoms with E-state index in [1.165, 1.54) is 11.9 Å². The van der Waals surface area contributed by atoms with Crippen LogP contribution in [0.15, 0.2) is 24.3 Å². The minimum Gasteiger partial charge on any atom is -0.465 e. The van der Waals surface area contributed by atoms with Gasteiger partial charge in [-0.15, -0.1) is 0 Å². The lowest BCUT2D eigenvalue weighted by Gasteiger charge is -2.20. The SMILES string of the molecule is CN(CCC(OCC#N)c1cccc(Cl)c1)C(=O)O. The van der Waals surface area contributed by atoms with Gasteiger partial charge in [-0.1, -0.05) is 23.7 Å². The first-order valence-electron chi connectivity index (χ1n) is 5.72. The van der Waals surface area contributed by atoms with Crippen LogP contribution < -0.4 is 0 Å². The van der Waals surface area contributed by atoms with Gasteiger partial charge in [-0.25, -0.2) is 4.79 Å². The van der Waals surface area contributed by atoms with Crippen molar-refractivity contribution in [1.29, 1.82) is 5.26 Å². The third-order valence-electron chi connectivity index (χ3n) is 2.62. The number of carbonyl (C=O) groups is 1. The van der Waals surface area contributed by atoms with Crippen molar-refractivity contribution in [1.82, 2.24) is 4.90 Å². The van der Waals surface area contributed by atoms with Gasteiger partial charge in [-0.3, -0.25) is 0 Å². The molecule has 19 heavy (non-hydrogen) atoms. The van der Waals surface area contributed by atoms with Crippen LogP contribution in [0.25, 0.3) is 0 Å². The third-order valence-corrected chi connectivity index (χ3v) is 2.86. The molecule has 0 spiro atoms. The zero-order valence-corrected chi connectivity index (χ0v) is 11.3. The normalized spacial score (nSPS) is 11.6. The van der Waals surface area contributed by atoms with Crippen molar-refractivity contribution in [3.8, 4) is 6.07 Å². The van der Waals surface area contributed by atoms with Crippen LogP contribution in [0.4, 0.5) is 4.79 Å². The maximum atomic E-state index is 10.7. The summed E-state index contributed by atoms with van der Waals surface area (Å²) in [5, 5.41) is 18.0. The van der Waals surface area contributed by atoms with Crippen molar-refractivity contribution < 1.29 is 14.6 Å². The van der Waals surface area contributed by atoms with Crippen molar-refractivity contribution >= 4 is 17.7 Å². The molecule has 0 aliphatic rings. The Morgan fingerprint density at radius 3 is 2.95 bits per heavy atom. The first-order valence-corrected chi connectivity index (χ1v) is 6.10. The van der Waals surface area contributed by atoms with Gasteiger partial charge in [0.2, 0.25) is 0 Å². The number of rotatable bonds is 6. The van der Waals surface area contributed by atoms with Gasteiger partial charge < -0.3 is 14.7 Å². The van der Waals surface area contributed by atoms with Crippen LogP contribution in [0, 0.1) is 11.3 Å². The molecule has 0 bridgehead atoms. The van der Waals surface area contributed by atoms with Crippen LogP contribution in [0.1, 0.15) is 18.1 Å². The Hall–Kier alpha value is -1.77. The number of nitriles is 1. The molecule has 0 fully saturated rings. The second-order valence-electron chi connectivity index (χ2n) is 4.01. The lowest BCUT2D eigenvalue weighted by Crippen LogP contribution is -2.27. The molecule has 1 unspecified atom stereocenters. The summed E-state index contributed by atoms with van der Waals surface area (Å²) in [4.78, 5) is 11.9. The molecule has 0 radical (unpaired) electrons. The third kappa shape index (κ3) is 5.16. The van der Waals surface area contributed by atoms with E-state index in [2.05, 4.69) is 0 Å². The van der Waals surface area contributed by atoms with Crippen LogP contribution in [0.5, 0.6) is 0 Å². The van der Waals surface area contributed by atoms with Gasteiger partial charge in [0.1, 0.15) is 6.61 Å². The summed E-state index contributed by atoms with van der Waals surface area (Å²) in [5.41, 5.74) is 0.835. The van der Waals surface area contributed by atoms with Crippen molar-refractivity contribution in [2.75, 3.05) is 20.2 Å². The van der Waals surface area contributed by atoms with Gasteiger partial charge in [0, 0.05) is 18.6 Å². The van der Waals surface area contributed by atoms with Crippen molar-refractivity contribution in [3.63, 3.8) is 0 Å². The monoisotopic (exact) mass is 282 g/mol. The molecule has 0 heterocycles. The number of carboxylic acid groups (broad SMARTS) is 1. The van der Waals surface area contributed by atoms with E-state index in [0.717, 1.165) is 5.56 Å². The number of hydrogen-bond donors (Lipinski definition) is 1. The number of halogens is 1. The average Bonchev–Trinajstić information content (AvgIpc) is 2.38. The molecule has 1 rings (SSSR count). The maximum absolute atomic E-state index is 10.7. The predicted molar refractivity (Wildman–Crippen MR) is 71.0 cm³/mol. The van der Waals surface area contributed by atoms with Gasteiger partial charge in [0.25, 0.3) is 0 Å². The van der Waals surface area contributed by atoms with Gasteiger partial charge in [0.05, 0.1) is 12.2 Å². The van der Waals surface area contributed by atoms with E-state index in [0.29, 0.717) is 18.0 Å². The molecule has 1 atom stereocenters. The Morgan fingerprint density at radius 1 is 1.63 bits per heavy atom. The molecular weight excluding hydrogens is 268 g/mol. The van der Waals surface area contributed by atoms with Crippen molar-refractivity contribution in [2.24, 2.45) is 0 Å². The minimum absolute atomic E-state index is 0.0477. The summed E-state index contributed by atoms with van der Waals surface area (Å²) in [6.45, 7) is 0.270. The fourth-order valence-electron chi connectivity index (χ4n) is 1.60. The Kier molecular flexibility index (Phi) is 6.13. The number of nitrogens with zero attached hydrogens (tertiary/aromatic N) is 2. The highest BCUT2D eigenvalue weighted by molar-refractivity contribution is 6.30. The molecule has 0 aliphatic carbocycles. The van der Waals surface area contributed by atoms with Crippen LogP contribution in [0.3, 0.4) is 0 Å². The van der Waals surface area contributed by atoms with Crippen molar-refractivity contribution in [3.05, 3.63) is 34.9 Å². The second kappa shape index (κ2) is 7.62. The summed E-state index contributed by atoms with van der Waals surface area (Å²) < 4.78 is 5.42. The topological polar surface area (TPSA) is 73.6 Å². The van der Waals surface area contributed by atoms with Crippen LogP contribution in [-0.2, 0) is 4.74 Å². The predicted octanol–water partition coefficient (Wildman–Crippen LogP) is 2.92. The fraction of sp³-hybridized carbons (Fsp3) is 0.385. The molecule has 1 aromatic carbocycles. The summed E-state index contributed by atoms with van der Waals surface area (Å²) in [7, 11) is 1.49. The molecular formula is C13H15ClN2O3. The summed E-state index contributed by atoms with van der Waals surface area (Å²) in [6.07, 6.45) is -0.879. The molecule has 1 aromatic rings. The van der Waals surface area contributed by atoms with E-state index in [1.807, 2.05) is 12.1 Å². The maximum Gasteiger partial charge on any atom is 0.407 e. The lowest BCUT2D eigenvalue weighted by molar-refractivity contribution is 0.0624. The Bertz CT molecular complexity index is 473.